The van der Waals surface area contributed by atoms with E-state index in [-0.39, 0.29) is 24.8 Å². The van der Waals surface area contributed by atoms with Gasteiger partial charge in [-0.25, -0.2) is 0 Å². The molecule has 0 aliphatic heterocycles. The van der Waals surface area contributed by atoms with Crippen molar-refractivity contribution in [3.8, 4) is 11.5 Å². The van der Waals surface area contributed by atoms with Crippen LogP contribution < -0.4 is 38.5 Å². The van der Waals surface area contributed by atoms with E-state index in [1.807, 2.05) is 24.3 Å². The summed E-state index contributed by atoms with van der Waals surface area (Å²) in [6.45, 7) is 0. The summed E-state index contributed by atoms with van der Waals surface area (Å²) in [7, 11) is 12.9. The van der Waals surface area contributed by atoms with Crippen LogP contribution in [0.4, 0.5) is 11.4 Å². The number of hydrogen-bond acceptors (Lipinski definition) is 1. The average molecular weight is 357 g/mol. The molecule has 2 aromatic rings. The zero-order chi connectivity index (χ0) is 15.7. The molecule has 0 aliphatic carbocycles. The summed E-state index contributed by atoms with van der Waals surface area (Å²) in [6, 6.07) is 16.5. The standard InChI is InChI=1S/C18H26N2O.2ClH/c1-19(2,3)15-7-11-17(12-8-15)21-18-13-9-16(10-14-18)20(4,5)6;;/h7-14H,1-6H3;2*1H/q+2;;/p-2. The second-order valence-electron chi connectivity index (χ2n) is 7.11. The van der Waals surface area contributed by atoms with E-state index in [1.54, 1.807) is 0 Å². The molecule has 0 aliphatic rings. The van der Waals surface area contributed by atoms with Crippen molar-refractivity contribution in [3.63, 3.8) is 0 Å². The molecule has 0 spiro atoms. The van der Waals surface area contributed by atoms with E-state index in [9.17, 15) is 0 Å². The molecule has 0 atom stereocenters. The van der Waals surface area contributed by atoms with Crippen LogP contribution in [0.1, 0.15) is 0 Å². The van der Waals surface area contributed by atoms with Gasteiger partial charge in [-0.2, -0.15) is 0 Å². The highest BCUT2D eigenvalue weighted by Gasteiger charge is 2.13. The second-order valence-corrected chi connectivity index (χ2v) is 7.11. The summed E-state index contributed by atoms with van der Waals surface area (Å²) in [4.78, 5) is 0. The van der Waals surface area contributed by atoms with E-state index in [0.717, 1.165) is 20.5 Å². The van der Waals surface area contributed by atoms with Crippen molar-refractivity contribution < 1.29 is 29.6 Å². The molecule has 128 valence electrons. The molecule has 0 saturated carbocycles. The Balaban J connectivity index is 0.00000242. The van der Waals surface area contributed by atoms with E-state index >= 15 is 0 Å². The molecule has 0 fully saturated rings. The molecular weight excluding hydrogens is 331 g/mol. The maximum absolute atomic E-state index is 5.90. The van der Waals surface area contributed by atoms with Crippen molar-refractivity contribution in [2.75, 3.05) is 42.3 Å². The van der Waals surface area contributed by atoms with Gasteiger partial charge in [0.15, 0.2) is 0 Å². The van der Waals surface area contributed by atoms with E-state index in [0.29, 0.717) is 0 Å². The maximum atomic E-state index is 5.90. The molecular formula is C18H26Cl2N2O. The lowest BCUT2D eigenvalue weighted by Gasteiger charge is -2.24. The van der Waals surface area contributed by atoms with Crippen LogP contribution in [0.3, 0.4) is 0 Å². The summed E-state index contributed by atoms with van der Waals surface area (Å²) < 4.78 is 7.51. The Hall–Kier alpha value is -1.26. The Morgan fingerprint density at radius 3 is 1.00 bits per heavy atom. The second kappa shape index (κ2) is 8.02. The third-order valence-electron chi connectivity index (χ3n) is 3.46. The molecule has 0 N–H and O–H groups in total. The van der Waals surface area contributed by atoms with Gasteiger partial charge in [0.1, 0.15) is 22.9 Å². The van der Waals surface area contributed by atoms with Gasteiger partial charge >= 0.3 is 0 Å². The molecule has 0 amide bonds. The highest BCUT2D eigenvalue weighted by molar-refractivity contribution is 5.48. The number of rotatable bonds is 4. The Morgan fingerprint density at radius 1 is 0.522 bits per heavy atom. The highest BCUT2D eigenvalue weighted by Crippen LogP contribution is 2.27. The van der Waals surface area contributed by atoms with Crippen LogP contribution in [0.25, 0.3) is 0 Å². The first kappa shape index (κ1) is 21.7. The smallest absolute Gasteiger partial charge is 0.132 e. The minimum absolute atomic E-state index is 0. The molecule has 5 heteroatoms. The van der Waals surface area contributed by atoms with Crippen molar-refractivity contribution in [3.05, 3.63) is 48.5 Å². The first-order valence-corrected chi connectivity index (χ1v) is 7.18. The quantitative estimate of drug-likeness (QED) is 0.569. The fraction of sp³-hybridized carbons (Fsp3) is 0.333. The van der Waals surface area contributed by atoms with Gasteiger partial charge in [-0.3, -0.25) is 8.97 Å². The molecule has 2 aromatic carbocycles. The number of benzene rings is 2. The van der Waals surface area contributed by atoms with Crippen LogP contribution in [0.15, 0.2) is 48.5 Å². The number of halogens is 2. The summed E-state index contributed by atoms with van der Waals surface area (Å²) in [5.74, 6) is 1.73. The lowest BCUT2D eigenvalue weighted by Crippen LogP contribution is -3.00. The fourth-order valence-corrected chi connectivity index (χ4v) is 2.06. The van der Waals surface area contributed by atoms with E-state index in [4.69, 9.17) is 4.74 Å². The molecule has 0 saturated heterocycles. The molecule has 0 unspecified atom stereocenters. The van der Waals surface area contributed by atoms with Crippen molar-refractivity contribution in [2.24, 2.45) is 0 Å². The lowest BCUT2D eigenvalue weighted by molar-refractivity contribution is -0.00100. The van der Waals surface area contributed by atoms with Crippen LogP contribution in [-0.4, -0.2) is 42.3 Å². The molecule has 0 bridgehead atoms. The third-order valence-corrected chi connectivity index (χ3v) is 3.46. The van der Waals surface area contributed by atoms with Gasteiger partial charge in [0.05, 0.1) is 42.3 Å². The van der Waals surface area contributed by atoms with Crippen molar-refractivity contribution in [1.29, 1.82) is 0 Å². The number of nitrogens with zero attached hydrogens (tertiary/aromatic N) is 2. The molecule has 2 rings (SSSR count). The number of quaternary nitrogens is 2. The predicted octanol–water partition coefficient (Wildman–Crippen LogP) is -2.12. The Labute approximate surface area is 152 Å². The minimum atomic E-state index is 0. The Morgan fingerprint density at radius 2 is 0.783 bits per heavy atom. The predicted molar refractivity (Wildman–Crippen MR) is 92.1 cm³/mol. The van der Waals surface area contributed by atoms with Crippen LogP contribution >= 0.6 is 0 Å². The largest absolute Gasteiger partial charge is 1.00 e. The van der Waals surface area contributed by atoms with Crippen molar-refractivity contribution >= 4 is 11.4 Å². The summed E-state index contributed by atoms with van der Waals surface area (Å²) in [5.41, 5.74) is 2.51. The third kappa shape index (κ3) is 6.04. The summed E-state index contributed by atoms with van der Waals surface area (Å²) in [6.07, 6.45) is 0. The normalized spacial score (nSPS) is 11.2. The van der Waals surface area contributed by atoms with Crippen LogP contribution in [-0.2, 0) is 0 Å². The van der Waals surface area contributed by atoms with Gasteiger partial charge in [-0.05, 0) is 24.3 Å². The van der Waals surface area contributed by atoms with E-state index in [1.165, 1.54) is 11.4 Å². The highest BCUT2D eigenvalue weighted by atomic mass is 35.5. The lowest BCUT2D eigenvalue weighted by atomic mass is 10.2. The van der Waals surface area contributed by atoms with Gasteiger partial charge in [-0.15, -0.1) is 0 Å². The van der Waals surface area contributed by atoms with E-state index < -0.39 is 0 Å². The molecule has 3 nitrogen and oxygen atoms in total. The molecule has 0 radical (unpaired) electrons. The Kier molecular flexibility index (Phi) is 7.58. The summed E-state index contributed by atoms with van der Waals surface area (Å²) in [5, 5.41) is 0. The van der Waals surface area contributed by atoms with Gasteiger partial charge in [-0.1, -0.05) is 0 Å². The molecule has 23 heavy (non-hydrogen) atoms. The fourth-order valence-electron chi connectivity index (χ4n) is 2.06. The SMILES string of the molecule is C[N+](C)(C)c1ccc(Oc2ccc([N+](C)(C)C)cc2)cc1.[Cl-].[Cl-]. The maximum Gasteiger partial charge on any atom is 0.132 e. The van der Waals surface area contributed by atoms with Crippen LogP contribution in [0.2, 0.25) is 0 Å². The number of hydrogen-bond donors (Lipinski definition) is 0. The monoisotopic (exact) mass is 356 g/mol. The average Bonchev–Trinajstić information content (AvgIpc) is 2.38. The van der Waals surface area contributed by atoms with Gasteiger partial charge in [0.2, 0.25) is 0 Å². The van der Waals surface area contributed by atoms with Crippen LogP contribution in [0, 0.1) is 0 Å². The Bertz CT molecular complexity index is 541. The first-order chi connectivity index (χ1) is 9.66. The van der Waals surface area contributed by atoms with Gasteiger partial charge in [0.25, 0.3) is 0 Å². The zero-order valence-corrected chi connectivity index (χ0v) is 16.2. The molecule has 0 aromatic heterocycles. The van der Waals surface area contributed by atoms with Crippen molar-refractivity contribution in [1.82, 2.24) is 8.97 Å². The number of ether oxygens (including phenoxy) is 1. The van der Waals surface area contributed by atoms with Crippen molar-refractivity contribution in [2.45, 2.75) is 0 Å². The zero-order valence-electron chi connectivity index (χ0n) is 14.7. The topological polar surface area (TPSA) is 9.23 Å². The minimum Gasteiger partial charge on any atom is -1.00 e. The van der Waals surface area contributed by atoms with E-state index in [2.05, 4.69) is 66.6 Å². The molecule has 0 heterocycles. The van der Waals surface area contributed by atoms with Crippen LogP contribution in [0.5, 0.6) is 11.5 Å². The first-order valence-electron chi connectivity index (χ1n) is 7.18. The summed E-state index contributed by atoms with van der Waals surface area (Å²) >= 11 is 0. The van der Waals surface area contributed by atoms with Gasteiger partial charge in [0, 0.05) is 24.3 Å². The van der Waals surface area contributed by atoms with Gasteiger partial charge < -0.3 is 29.6 Å².